The van der Waals surface area contributed by atoms with E-state index in [0.29, 0.717) is 18.5 Å². The van der Waals surface area contributed by atoms with E-state index in [0.717, 1.165) is 32.6 Å². The van der Waals surface area contributed by atoms with E-state index in [1.807, 2.05) is 6.92 Å². The molecule has 0 bridgehead atoms. The van der Waals surface area contributed by atoms with Gasteiger partial charge in [-0.1, -0.05) is 12.2 Å². The number of nitrogens with zero attached hydrogens (tertiary/aromatic N) is 3. The first-order chi connectivity index (χ1) is 9.99. The molecule has 22 heavy (non-hydrogen) atoms. The molecule has 1 N–H and O–H groups in total. The van der Waals surface area contributed by atoms with Gasteiger partial charge in [-0.2, -0.15) is 13.2 Å². The highest BCUT2D eigenvalue weighted by Gasteiger charge is 2.30. The lowest BCUT2D eigenvalue weighted by Gasteiger charge is -2.25. The van der Waals surface area contributed by atoms with Gasteiger partial charge in [0.05, 0.1) is 13.0 Å². The number of hydrogen-bond donors (Lipinski definition) is 1. The van der Waals surface area contributed by atoms with Crippen molar-refractivity contribution in [1.82, 2.24) is 15.1 Å². The largest absolute Gasteiger partial charge is 0.390 e. The van der Waals surface area contributed by atoms with Gasteiger partial charge in [-0.05, 0) is 13.3 Å². The molecule has 0 amide bonds. The van der Waals surface area contributed by atoms with Crippen LogP contribution in [-0.4, -0.2) is 67.2 Å². The molecule has 1 atom stereocenters. The van der Waals surface area contributed by atoms with Gasteiger partial charge in [0.25, 0.3) is 0 Å². The highest BCUT2D eigenvalue weighted by molar-refractivity contribution is 14.0. The maximum atomic E-state index is 12.2. The van der Waals surface area contributed by atoms with E-state index in [1.54, 1.807) is 0 Å². The third kappa shape index (κ3) is 5.94. The summed E-state index contributed by atoms with van der Waals surface area (Å²) < 4.78 is 36.7. The van der Waals surface area contributed by atoms with E-state index >= 15 is 0 Å². The monoisotopic (exact) mass is 432 g/mol. The molecular weight excluding hydrogens is 408 g/mol. The molecule has 0 radical (unpaired) electrons. The summed E-state index contributed by atoms with van der Waals surface area (Å²) in [6, 6.07) is 0.464. The molecule has 2 rings (SSSR count). The molecule has 1 fully saturated rings. The van der Waals surface area contributed by atoms with Crippen LogP contribution in [0.15, 0.2) is 17.1 Å². The predicted octanol–water partition coefficient (Wildman–Crippen LogP) is 2.47. The fourth-order valence-electron chi connectivity index (χ4n) is 2.74. The molecule has 0 aromatic heterocycles. The predicted molar refractivity (Wildman–Crippen MR) is 92.8 cm³/mol. The Balaban J connectivity index is 0.00000242. The third-order valence-corrected chi connectivity index (χ3v) is 3.82. The molecular formula is C14H24F3IN4. The maximum Gasteiger partial charge on any atom is 0.390 e. The van der Waals surface area contributed by atoms with E-state index in [-0.39, 0.29) is 30.5 Å². The second kappa shape index (κ2) is 8.95. The summed E-state index contributed by atoms with van der Waals surface area (Å²) in [4.78, 5) is 8.58. The lowest BCUT2D eigenvalue weighted by atomic mass is 10.2. The van der Waals surface area contributed by atoms with E-state index in [1.165, 1.54) is 0 Å². The highest BCUT2D eigenvalue weighted by Crippen LogP contribution is 2.20. The Morgan fingerprint density at radius 1 is 1.32 bits per heavy atom. The topological polar surface area (TPSA) is 30.9 Å². The summed E-state index contributed by atoms with van der Waals surface area (Å²) in [5.41, 5.74) is 0. The summed E-state index contributed by atoms with van der Waals surface area (Å²) in [7, 11) is 0. The Hall–Kier alpha value is -0.510. The molecule has 1 saturated heterocycles. The molecule has 0 saturated carbocycles. The van der Waals surface area contributed by atoms with Gasteiger partial charge in [0.2, 0.25) is 0 Å². The van der Waals surface area contributed by atoms with Gasteiger partial charge in [-0.3, -0.25) is 9.89 Å². The molecule has 2 heterocycles. The first-order valence-corrected chi connectivity index (χ1v) is 7.48. The van der Waals surface area contributed by atoms with Crippen molar-refractivity contribution in [3.63, 3.8) is 0 Å². The summed E-state index contributed by atoms with van der Waals surface area (Å²) in [6.07, 6.45) is 0.340. The van der Waals surface area contributed by atoms with Crippen LogP contribution in [0.5, 0.6) is 0 Å². The van der Waals surface area contributed by atoms with Crippen molar-refractivity contribution in [3.8, 4) is 0 Å². The van der Waals surface area contributed by atoms with Gasteiger partial charge >= 0.3 is 6.18 Å². The van der Waals surface area contributed by atoms with Gasteiger partial charge in [-0.25, -0.2) is 0 Å². The third-order valence-electron chi connectivity index (χ3n) is 3.82. The summed E-state index contributed by atoms with van der Waals surface area (Å²) >= 11 is 0. The molecule has 0 aliphatic carbocycles. The number of halogens is 4. The number of alkyl halides is 3. The summed E-state index contributed by atoms with van der Waals surface area (Å²) in [5.74, 6) is 0.608. The minimum absolute atomic E-state index is 0. The van der Waals surface area contributed by atoms with Crippen LogP contribution < -0.4 is 5.32 Å². The number of hydrogen-bond acceptors (Lipinski definition) is 2. The van der Waals surface area contributed by atoms with Crippen LogP contribution in [0.1, 0.15) is 19.8 Å². The maximum absolute atomic E-state index is 12.2. The van der Waals surface area contributed by atoms with E-state index in [4.69, 9.17) is 0 Å². The number of likely N-dealkylation sites (tertiary alicyclic amines) is 1. The summed E-state index contributed by atoms with van der Waals surface area (Å²) in [5, 5.41) is 3.10. The Morgan fingerprint density at radius 3 is 2.59 bits per heavy atom. The van der Waals surface area contributed by atoms with Gasteiger partial charge in [0, 0.05) is 38.8 Å². The zero-order chi connectivity index (χ0) is 15.3. The molecule has 8 heteroatoms. The quantitative estimate of drug-likeness (QED) is 0.321. The normalized spacial score (nSPS) is 23.0. The minimum atomic E-state index is -4.14. The smallest absolute Gasteiger partial charge is 0.357 e. The molecule has 2 aliphatic heterocycles. The molecule has 1 unspecified atom stereocenters. The second-order valence-electron chi connectivity index (χ2n) is 5.41. The van der Waals surface area contributed by atoms with Crippen molar-refractivity contribution < 1.29 is 13.2 Å². The molecule has 0 spiro atoms. The molecule has 0 aromatic rings. The lowest BCUT2D eigenvalue weighted by molar-refractivity contribution is -0.132. The number of nitrogens with one attached hydrogen (secondary N) is 1. The summed E-state index contributed by atoms with van der Waals surface area (Å²) in [6.45, 7) is 6.01. The molecule has 0 aromatic carbocycles. The number of aliphatic imine (C=N–C) groups is 1. The Morgan fingerprint density at radius 2 is 2.00 bits per heavy atom. The van der Waals surface area contributed by atoms with Crippen LogP contribution in [0, 0.1) is 0 Å². The standard InChI is InChI=1S/C14H23F3N4.HI/c1-2-18-13(19-7-6-14(15,16)17)21-10-5-12(11-21)20-8-3-4-9-20;/h3-4,12H,2,5-11H2,1H3,(H,18,19);1H. The average molecular weight is 432 g/mol. The van der Waals surface area contributed by atoms with Gasteiger partial charge in [0.1, 0.15) is 0 Å². The van der Waals surface area contributed by atoms with Crippen LogP contribution >= 0.6 is 24.0 Å². The molecule has 2 aliphatic rings. The van der Waals surface area contributed by atoms with Crippen molar-refractivity contribution in [2.24, 2.45) is 4.99 Å². The van der Waals surface area contributed by atoms with E-state index < -0.39 is 12.6 Å². The molecule has 128 valence electrons. The number of rotatable bonds is 4. The average Bonchev–Trinajstić information content (AvgIpc) is 3.07. The van der Waals surface area contributed by atoms with Crippen LogP contribution in [0.2, 0.25) is 0 Å². The lowest BCUT2D eigenvalue weighted by Crippen LogP contribution is -2.43. The SMILES string of the molecule is CCNC(=NCCC(F)(F)F)N1CCC(N2CC=CC2)C1.I. The first-order valence-electron chi connectivity index (χ1n) is 7.48. The fourth-order valence-corrected chi connectivity index (χ4v) is 2.74. The fraction of sp³-hybridized carbons (Fsp3) is 0.786. The Labute approximate surface area is 146 Å². The van der Waals surface area contributed by atoms with Gasteiger partial charge in [0.15, 0.2) is 5.96 Å². The van der Waals surface area contributed by atoms with Crippen LogP contribution in [-0.2, 0) is 0 Å². The number of guanidine groups is 1. The Kier molecular flexibility index (Phi) is 7.95. The zero-order valence-electron chi connectivity index (χ0n) is 12.8. The zero-order valence-corrected chi connectivity index (χ0v) is 15.1. The van der Waals surface area contributed by atoms with Crippen molar-refractivity contribution >= 4 is 29.9 Å². The van der Waals surface area contributed by atoms with Crippen LogP contribution in [0.25, 0.3) is 0 Å². The van der Waals surface area contributed by atoms with Crippen molar-refractivity contribution in [3.05, 3.63) is 12.2 Å². The van der Waals surface area contributed by atoms with Crippen molar-refractivity contribution in [2.45, 2.75) is 32.0 Å². The van der Waals surface area contributed by atoms with Gasteiger partial charge < -0.3 is 10.2 Å². The highest BCUT2D eigenvalue weighted by atomic mass is 127. The second-order valence-corrected chi connectivity index (χ2v) is 5.41. The first kappa shape index (κ1) is 19.5. The van der Waals surface area contributed by atoms with Crippen molar-refractivity contribution in [1.29, 1.82) is 0 Å². The van der Waals surface area contributed by atoms with Crippen molar-refractivity contribution in [2.75, 3.05) is 39.3 Å². The van der Waals surface area contributed by atoms with Crippen LogP contribution in [0.4, 0.5) is 13.2 Å². The van der Waals surface area contributed by atoms with Gasteiger partial charge in [-0.15, -0.1) is 24.0 Å². The van der Waals surface area contributed by atoms with E-state index in [2.05, 4.69) is 32.3 Å². The molecule has 4 nitrogen and oxygen atoms in total. The minimum Gasteiger partial charge on any atom is -0.357 e. The van der Waals surface area contributed by atoms with E-state index in [9.17, 15) is 13.2 Å². The van der Waals surface area contributed by atoms with Crippen LogP contribution in [0.3, 0.4) is 0 Å². The Bertz CT molecular complexity index is 390.